The smallest absolute Gasteiger partial charge is 0.450 e. The molecule has 0 aliphatic rings. The number of allylic oxidation sites excluding steroid dienone is 2. The van der Waals surface area contributed by atoms with Crippen LogP contribution in [0.4, 0.5) is 4.79 Å². The summed E-state index contributed by atoms with van der Waals surface area (Å²) >= 11 is 0. The summed E-state index contributed by atoms with van der Waals surface area (Å²) in [6.07, 6.45) is 7.76. The van der Waals surface area contributed by atoms with Crippen LogP contribution in [0.5, 0.6) is 0 Å². The molecule has 12 heavy (non-hydrogen) atoms. The van der Waals surface area contributed by atoms with Crippen molar-refractivity contribution in [3.8, 4) is 0 Å². The summed E-state index contributed by atoms with van der Waals surface area (Å²) in [5.41, 5.74) is 0. The molecule has 0 amide bonds. The largest absolute Gasteiger partial charge is 0.503 e. The molecule has 0 aromatic heterocycles. The van der Waals surface area contributed by atoms with Crippen molar-refractivity contribution in [3.63, 3.8) is 0 Å². The van der Waals surface area contributed by atoms with Gasteiger partial charge in [0.05, 0.1) is 0 Å². The van der Waals surface area contributed by atoms with Gasteiger partial charge in [0, 0.05) is 0 Å². The maximum atomic E-state index is 8.56. The fourth-order valence-corrected chi connectivity index (χ4v) is 0.569. The van der Waals surface area contributed by atoms with Gasteiger partial charge in [-0.1, -0.05) is 38.8 Å². The second-order valence-electron chi connectivity index (χ2n) is 2.33. The lowest BCUT2D eigenvalue weighted by Crippen LogP contribution is -1.81. The van der Waals surface area contributed by atoms with Crippen LogP contribution in [0.3, 0.4) is 0 Å². The monoisotopic (exact) mass is 174 g/mol. The fourth-order valence-electron chi connectivity index (χ4n) is 0.569. The number of carbonyl (C=O) groups is 1. The molecule has 0 spiro atoms. The van der Waals surface area contributed by atoms with E-state index in [1.54, 1.807) is 0 Å². The highest BCUT2D eigenvalue weighted by Crippen LogP contribution is 1.92. The third-order valence-electron chi connectivity index (χ3n) is 1.08. The van der Waals surface area contributed by atoms with E-state index in [2.05, 4.69) is 26.0 Å². The van der Waals surface area contributed by atoms with Crippen molar-refractivity contribution in [1.82, 2.24) is 0 Å². The number of hydrogen-bond donors (Lipinski definition) is 2. The van der Waals surface area contributed by atoms with Gasteiger partial charge in [-0.25, -0.2) is 4.79 Å². The molecule has 0 aromatic rings. The minimum Gasteiger partial charge on any atom is -0.450 e. The Kier molecular flexibility index (Phi) is 14.3. The first-order chi connectivity index (χ1) is 5.65. The lowest BCUT2D eigenvalue weighted by Gasteiger charge is -1.83. The zero-order chi connectivity index (χ0) is 9.82. The molecule has 0 fully saturated rings. The number of carboxylic acid groups (broad SMARTS) is 2. The van der Waals surface area contributed by atoms with Crippen LogP contribution in [0.2, 0.25) is 0 Å². The average Bonchev–Trinajstić information content (AvgIpc) is 1.97. The van der Waals surface area contributed by atoms with E-state index in [4.69, 9.17) is 15.0 Å². The van der Waals surface area contributed by atoms with E-state index in [0.29, 0.717) is 0 Å². The van der Waals surface area contributed by atoms with Crippen LogP contribution in [0.25, 0.3) is 0 Å². The van der Waals surface area contributed by atoms with E-state index in [1.165, 1.54) is 25.7 Å². The Bertz CT molecular complexity index is 107. The summed E-state index contributed by atoms with van der Waals surface area (Å²) in [5.74, 6) is 0. The molecular weight excluding hydrogens is 156 g/mol. The predicted octanol–water partition coefficient (Wildman–Crippen LogP) is 3.37. The van der Waals surface area contributed by atoms with Crippen molar-refractivity contribution in [3.05, 3.63) is 12.2 Å². The maximum absolute atomic E-state index is 8.56. The van der Waals surface area contributed by atoms with Gasteiger partial charge >= 0.3 is 6.16 Å². The van der Waals surface area contributed by atoms with E-state index < -0.39 is 6.16 Å². The van der Waals surface area contributed by atoms with Gasteiger partial charge < -0.3 is 10.2 Å². The first-order valence-corrected chi connectivity index (χ1v) is 4.22. The normalized spacial score (nSPS) is 9.17. The Hall–Kier alpha value is -0.990. The molecule has 0 aliphatic heterocycles. The van der Waals surface area contributed by atoms with Crippen molar-refractivity contribution in [2.45, 2.75) is 39.5 Å². The number of rotatable bonds is 4. The van der Waals surface area contributed by atoms with E-state index in [0.717, 1.165) is 0 Å². The van der Waals surface area contributed by atoms with Gasteiger partial charge in [0.1, 0.15) is 0 Å². The molecule has 3 nitrogen and oxygen atoms in total. The van der Waals surface area contributed by atoms with Gasteiger partial charge in [0.2, 0.25) is 0 Å². The molecule has 2 N–H and O–H groups in total. The summed E-state index contributed by atoms with van der Waals surface area (Å²) in [6.45, 7) is 4.41. The van der Waals surface area contributed by atoms with Crippen LogP contribution in [0, 0.1) is 0 Å². The highest BCUT2D eigenvalue weighted by atomic mass is 16.6. The molecule has 0 rings (SSSR count). The Morgan fingerprint density at radius 2 is 1.33 bits per heavy atom. The number of hydrogen-bond acceptors (Lipinski definition) is 1. The van der Waals surface area contributed by atoms with Crippen LogP contribution in [0.1, 0.15) is 39.5 Å². The van der Waals surface area contributed by atoms with Crippen molar-refractivity contribution in [1.29, 1.82) is 0 Å². The average molecular weight is 174 g/mol. The Balaban J connectivity index is 0. The third kappa shape index (κ3) is 36.0. The lowest BCUT2D eigenvalue weighted by molar-refractivity contribution is 0.137. The molecule has 0 aromatic carbocycles. The first kappa shape index (κ1) is 13.6. The highest BCUT2D eigenvalue weighted by molar-refractivity contribution is 5.53. The summed E-state index contributed by atoms with van der Waals surface area (Å²) in [4.78, 5) is 8.56. The van der Waals surface area contributed by atoms with Crippen molar-refractivity contribution >= 4 is 6.16 Å². The van der Waals surface area contributed by atoms with Gasteiger partial charge in [-0.15, -0.1) is 0 Å². The van der Waals surface area contributed by atoms with Gasteiger partial charge in [-0.05, 0) is 12.8 Å². The zero-order valence-corrected chi connectivity index (χ0v) is 7.79. The van der Waals surface area contributed by atoms with Crippen LogP contribution >= 0.6 is 0 Å². The van der Waals surface area contributed by atoms with Gasteiger partial charge in [-0.3, -0.25) is 0 Å². The Labute approximate surface area is 73.7 Å². The molecule has 0 aliphatic carbocycles. The molecule has 72 valence electrons. The van der Waals surface area contributed by atoms with Crippen LogP contribution in [0.15, 0.2) is 12.2 Å². The van der Waals surface area contributed by atoms with Crippen LogP contribution in [-0.2, 0) is 0 Å². The van der Waals surface area contributed by atoms with Crippen molar-refractivity contribution in [2.24, 2.45) is 0 Å². The minimum atomic E-state index is -1.83. The summed E-state index contributed by atoms with van der Waals surface area (Å²) in [5, 5.41) is 13.9. The van der Waals surface area contributed by atoms with Gasteiger partial charge in [0.25, 0.3) is 0 Å². The SMILES string of the molecule is CCCC=CCCC.O=C(O)O. The molecule has 0 saturated carbocycles. The molecule has 0 unspecified atom stereocenters. The first-order valence-electron chi connectivity index (χ1n) is 4.22. The summed E-state index contributed by atoms with van der Waals surface area (Å²) in [7, 11) is 0. The quantitative estimate of drug-likeness (QED) is 0.642. The zero-order valence-electron chi connectivity index (χ0n) is 7.79. The molecule has 0 bridgehead atoms. The highest BCUT2D eigenvalue weighted by Gasteiger charge is 1.72. The summed E-state index contributed by atoms with van der Waals surface area (Å²) < 4.78 is 0. The fraction of sp³-hybridized carbons (Fsp3) is 0.667. The molecule has 0 atom stereocenters. The Morgan fingerprint density at radius 1 is 1.08 bits per heavy atom. The molecule has 0 heterocycles. The van der Waals surface area contributed by atoms with Crippen molar-refractivity contribution < 1.29 is 15.0 Å². The van der Waals surface area contributed by atoms with E-state index in [-0.39, 0.29) is 0 Å². The van der Waals surface area contributed by atoms with Gasteiger partial charge in [-0.2, -0.15) is 0 Å². The summed E-state index contributed by atoms with van der Waals surface area (Å²) in [6, 6.07) is 0. The Morgan fingerprint density at radius 3 is 1.50 bits per heavy atom. The molecule has 0 saturated heterocycles. The van der Waals surface area contributed by atoms with Gasteiger partial charge in [0.15, 0.2) is 0 Å². The number of unbranched alkanes of at least 4 members (excludes halogenated alkanes) is 2. The lowest BCUT2D eigenvalue weighted by atomic mass is 10.2. The van der Waals surface area contributed by atoms with E-state index in [1.807, 2.05) is 0 Å². The standard InChI is InChI=1S/C8H16.CH2O3/c1-3-5-7-8-6-4-2;2-1(3)4/h7-8H,3-6H2,1-2H3;(H2,2,3,4). The second kappa shape index (κ2) is 12.7. The topological polar surface area (TPSA) is 57.5 Å². The predicted molar refractivity (Wildman–Crippen MR) is 49.6 cm³/mol. The van der Waals surface area contributed by atoms with Crippen LogP contribution < -0.4 is 0 Å². The molecular formula is C9H18O3. The van der Waals surface area contributed by atoms with Crippen LogP contribution in [-0.4, -0.2) is 16.4 Å². The van der Waals surface area contributed by atoms with Crippen molar-refractivity contribution in [2.75, 3.05) is 0 Å². The van der Waals surface area contributed by atoms with E-state index >= 15 is 0 Å². The third-order valence-corrected chi connectivity index (χ3v) is 1.08. The maximum Gasteiger partial charge on any atom is 0.503 e. The second-order valence-corrected chi connectivity index (χ2v) is 2.33. The van der Waals surface area contributed by atoms with E-state index in [9.17, 15) is 0 Å². The molecule has 3 heteroatoms. The molecule has 0 radical (unpaired) electrons. The minimum absolute atomic E-state index is 1.25.